The van der Waals surface area contributed by atoms with Crippen LogP contribution in [-0.2, 0) is 0 Å². The lowest BCUT2D eigenvalue weighted by molar-refractivity contribution is 1.59. The highest BCUT2D eigenvalue weighted by Gasteiger charge is 1.94. The quantitative estimate of drug-likeness (QED) is 0.659. The van der Waals surface area contributed by atoms with E-state index in [4.69, 9.17) is 0 Å². The standard InChI is InChI=1S/C13H12Br2/c1-3-12(14)7-4-10(2)11-5-8-13(15)9-6-11/h3-9H,2H2,1H3/b7-4-,12-3+. The Morgan fingerprint density at radius 2 is 1.80 bits per heavy atom. The monoisotopic (exact) mass is 326 g/mol. The second-order valence-corrected chi connectivity index (χ2v) is 4.87. The Morgan fingerprint density at radius 3 is 2.33 bits per heavy atom. The molecule has 2 heteroatoms. The third kappa shape index (κ3) is 4.18. The van der Waals surface area contributed by atoms with Crippen molar-refractivity contribution in [3.05, 3.63) is 63.6 Å². The summed E-state index contributed by atoms with van der Waals surface area (Å²) in [4.78, 5) is 0. The van der Waals surface area contributed by atoms with E-state index in [0.717, 1.165) is 20.1 Å². The second kappa shape index (κ2) is 6.09. The Hall–Kier alpha value is -0.600. The molecule has 1 aromatic carbocycles. The van der Waals surface area contributed by atoms with Crippen LogP contribution in [0.1, 0.15) is 12.5 Å². The average Bonchev–Trinajstić information content (AvgIpc) is 2.26. The lowest BCUT2D eigenvalue weighted by atomic mass is 10.1. The van der Waals surface area contributed by atoms with Gasteiger partial charge in [-0.25, -0.2) is 0 Å². The highest BCUT2D eigenvalue weighted by Crippen LogP contribution is 2.18. The molecule has 0 saturated heterocycles. The van der Waals surface area contributed by atoms with E-state index in [9.17, 15) is 0 Å². The summed E-state index contributed by atoms with van der Waals surface area (Å²) < 4.78 is 2.14. The maximum absolute atomic E-state index is 4.01. The number of hydrogen-bond donors (Lipinski definition) is 0. The van der Waals surface area contributed by atoms with Crippen LogP contribution in [0.5, 0.6) is 0 Å². The molecule has 0 nitrogen and oxygen atoms in total. The predicted octanol–water partition coefficient (Wildman–Crippen LogP) is 5.32. The van der Waals surface area contributed by atoms with Gasteiger partial charge in [0.2, 0.25) is 0 Å². The minimum atomic E-state index is 1.00. The highest BCUT2D eigenvalue weighted by atomic mass is 79.9. The molecule has 0 atom stereocenters. The molecule has 15 heavy (non-hydrogen) atoms. The van der Waals surface area contributed by atoms with Crippen LogP contribution in [-0.4, -0.2) is 0 Å². The van der Waals surface area contributed by atoms with Crippen molar-refractivity contribution in [3.8, 4) is 0 Å². The van der Waals surface area contributed by atoms with E-state index in [1.54, 1.807) is 0 Å². The third-order valence-corrected chi connectivity index (χ3v) is 3.19. The number of halogens is 2. The molecule has 0 saturated carbocycles. The topological polar surface area (TPSA) is 0 Å². The van der Waals surface area contributed by atoms with Crippen molar-refractivity contribution in [2.75, 3.05) is 0 Å². The fourth-order valence-corrected chi connectivity index (χ4v) is 1.43. The van der Waals surface area contributed by atoms with Crippen molar-refractivity contribution in [3.63, 3.8) is 0 Å². The summed E-state index contributed by atoms with van der Waals surface area (Å²) in [7, 11) is 0. The fraction of sp³-hybridized carbons (Fsp3) is 0.0769. The molecule has 0 aliphatic heterocycles. The van der Waals surface area contributed by atoms with Gasteiger partial charge in [0, 0.05) is 8.96 Å². The first-order chi connectivity index (χ1) is 7.13. The van der Waals surface area contributed by atoms with Crippen LogP contribution in [0.3, 0.4) is 0 Å². The summed E-state index contributed by atoms with van der Waals surface area (Å²) in [5, 5.41) is 0. The summed E-state index contributed by atoms with van der Waals surface area (Å²) in [6, 6.07) is 8.11. The first-order valence-electron chi connectivity index (χ1n) is 4.58. The highest BCUT2D eigenvalue weighted by molar-refractivity contribution is 9.12. The van der Waals surface area contributed by atoms with Gasteiger partial charge in [0.15, 0.2) is 0 Å². The first kappa shape index (κ1) is 12.5. The van der Waals surface area contributed by atoms with Crippen molar-refractivity contribution >= 4 is 37.4 Å². The minimum absolute atomic E-state index is 1.00. The van der Waals surface area contributed by atoms with E-state index in [-0.39, 0.29) is 0 Å². The number of benzene rings is 1. The molecule has 0 radical (unpaired) electrons. The Labute approximate surface area is 108 Å². The summed E-state index contributed by atoms with van der Waals surface area (Å²) in [6.07, 6.45) is 5.98. The Morgan fingerprint density at radius 1 is 1.20 bits per heavy atom. The van der Waals surface area contributed by atoms with Crippen molar-refractivity contribution in [1.82, 2.24) is 0 Å². The lowest BCUT2D eigenvalue weighted by Crippen LogP contribution is -1.77. The SMILES string of the molecule is C=C(/C=C\C(Br)=C/C)c1ccc(Br)cc1. The largest absolute Gasteiger partial charge is 0.0912 e. The lowest BCUT2D eigenvalue weighted by Gasteiger charge is -2.00. The third-order valence-electron chi connectivity index (χ3n) is 1.93. The van der Waals surface area contributed by atoms with Crippen LogP contribution in [0.4, 0.5) is 0 Å². The second-order valence-electron chi connectivity index (χ2n) is 3.04. The minimum Gasteiger partial charge on any atom is -0.0912 e. The van der Waals surface area contributed by atoms with E-state index < -0.39 is 0 Å². The maximum atomic E-state index is 4.01. The molecule has 78 valence electrons. The number of allylic oxidation sites excluding steroid dienone is 5. The van der Waals surface area contributed by atoms with Gasteiger partial charge in [0.1, 0.15) is 0 Å². The van der Waals surface area contributed by atoms with Gasteiger partial charge in [-0.2, -0.15) is 0 Å². The molecule has 0 aromatic heterocycles. The predicted molar refractivity (Wildman–Crippen MR) is 75.0 cm³/mol. The summed E-state index contributed by atoms with van der Waals surface area (Å²) in [6.45, 7) is 5.99. The Bertz CT molecular complexity index is 397. The van der Waals surface area contributed by atoms with Crippen molar-refractivity contribution in [2.24, 2.45) is 0 Å². The molecule has 0 heterocycles. The zero-order chi connectivity index (χ0) is 11.3. The van der Waals surface area contributed by atoms with Gasteiger partial charge in [-0.1, -0.05) is 62.7 Å². The van der Waals surface area contributed by atoms with Gasteiger partial charge in [-0.3, -0.25) is 0 Å². The summed E-state index contributed by atoms with van der Waals surface area (Å²) in [5.41, 5.74) is 2.13. The first-order valence-corrected chi connectivity index (χ1v) is 6.17. The van der Waals surface area contributed by atoms with Crippen LogP contribution in [0.15, 0.2) is 58.0 Å². The molecular weight excluding hydrogens is 316 g/mol. The van der Waals surface area contributed by atoms with E-state index in [1.807, 2.05) is 49.4 Å². The van der Waals surface area contributed by atoms with Crippen LogP contribution in [0.2, 0.25) is 0 Å². The number of hydrogen-bond acceptors (Lipinski definition) is 0. The molecule has 0 unspecified atom stereocenters. The van der Waals surface area contributed by atoms with Crippen molar-refractivity contribution < 1.29 is 0 Å². The maximum Gasteiger partial charge on any atom is 0.0175 e. The molecule has 0 aliphatic carbocycles. The van der Waals surface area contributed by atoms with Gasteiger partial charge in [-0.05, 0) is 36.3 Å². The summed E-state index contributed by atoms with van der Waals surface area (Å²) >= 11 is 6.82. The normalized spacial score (nSPS) is 12.1. The molecule has 0 spiro atoms. The van der Waals surface area contributed by atoms with Crippen LogP contribution >= 0.6 is 31.9 Å². The van der Waals surface area contributed by atoms with Crippen LogP contribution in [0.25, 0.3) is 5.57 Å². The zero-order valence-corrected chi connectivity index (χ0v) is 11.7. The smallest absolute Gasteiger partial charge is 0.0175 e. The van der Waals surface area contributed by atoms with Crippen molar-refractivity contribution in [2.45, 2.75) is 6.92 Å². The van der Waals surface area contributed by atoms with Gasteiger partial charge in [0.05, 0.1) is 0 Å². The molecule has 0 amide bonds. The fourth-order valence-electron chi connectivity index (χ4n) is 1.04. The van der Waals surface area contributed by atoms with Crippen LogP contribution < -0.4 is 0 Å². The average molecular weight is 328 g/mol. The van der Waals surface area contributed by atoms with Gasteiger partial charge in [0.25, 0.3) is 0 Å². The molecule has 0 fully saturated rings. The molecule has 0 bridgehead atoms. The van der Waals surface area contributed by atoms with Crippen molar-refractivity contribution in [1.29, 1.82) is 0 Å². The van der Waals surface area contributed by atoms with Gasteiger partial charge < -0.3 is 0 Å². The summed E-state index contributed by atoms with van der Waals surface area (Å²) in [5.74, 6) is 0. The molecule has 1 aromatic rings. The molecule has 1 rings (SSSR count). The Kier molecular flexibility index (Phi) is 5.06. The van der Waals surface area contributed by atoms with E-state index in [0.29, 0.717) is 0 Å². The Balaban J connectivity index is 2.78. The molecule has 0 aliphatic rings. The number of rotatable bonds is 3. The zero-order valence-electron chi connectivity index (χ0n) is 8.50. The van der Waals surface area contributed by atoms with Gasteiger partial charge in [-0.15, -0.1) is 0 Å². The molecular formula is C13H12Br2. The molecule has 0 N–H and O–H groups in total. The van der Waals surface area contributed by atoms with Crippen LogP contribution in [0, 0.1) is 0 Å². The van der Waals surface area contributed by atoms with Gasteiger partial charge >= 0.3 is 0 Å². The van der Waals surface area contributed by atoms with E-state index in [1.165, 1.54) is 0 Å². The van der Waals surface area contributed by atoms with E-state index >= 15 is 0 Å². The van der Waals surface area contributed by atoms with E-state index in [2.05, 4.69) is 38.4 Å².